The number of aliphatic hydroxyl groups is 1. The van der Waals surface area contributed by atoms with E-state index in [9.17, 15) is 5.11 Å². The Morgan fingerprint density at radius 2 is 1.93 bits per heavy atom. The SMILES string of the molecule is COc1ccc(C=C2CCC(CN(C)C)C2(O)Cc2cccc(C)c2)cc1. The highest BCUT2D eigenvalue weighted by atomic mass is 16.5. The van der Waals surface area contributed by atoms with Gasteiger partial charge in [-0.3, -0.25) is 0 Å². The zero-order chi connectivity index (χ0) is 19.4. The standard InChI is InChI=1S/C24H31NO2/c1-18-6-5-7-20(14-18)16-24(26)21(10-11-22(24)17-25(2)3)15-19-8-12-23(27-4)13-9-19/h5-9,12-15,22,26H,10-11,16-17H2,1-4H3. The van der Waals surface area contributed by atoms with Gasteiger partial charge in [0, 0.05) is 18.9 Å². The fourth-order valence-electron chi connectivity index (χ4n) is 4.22. The van der Waals surface area contributed by atoms with Crippen LogP contribution in [0, 0.1) is 12.8 Å². The first-order chi connectivity index (χ1) is 12.9. The van der Waals surface area contributed by atoms with Gasteiger partial charge in [-0.25, -0.2) is 0 Å². The Kier molecular flexibility index (Phi) is 6.03. The maximum atomic E-state index is 11.8. The second-order valence-corrected chi connectivity index (χ2v) is 8.03. The van der Waals surface area contributed by atoms with Crippen LogP contribution in [0.4, 0.5) is 0 Å². The minimum atomic E-state index is -0.808. The fraction of sp³-hybridized carbons (Fsp3) is 0.417. The molecule has 1 aliphatic rings. The summed E-state index contributed by atoms with van der Waals surface area (Å²) in [7, 11) is 5.84. The Bertz CT molecular complexity index is 794. The molecule has 1 aliphatic carbocycles. The topological polar surface area (TPSA) is 32.7 Å². The molecule has 1 saturated carbocycles. The van der Waals surface area contributed by atoms with Gasteiger partial charge in [0.25, 0.3) is 0 Å². The van der Waals surface area contributed by atoms with E-state index in [4.69, 9.17) is 4.74 Å². The highest BCUT2D eigenvalue weighted by Gasteiger charge is 2.45. The van der Waals surface area contributed by atoms with E-state index in [-0.39, 0.29) is 5.92 Å². The summed E-state index contributed by atoms with van der Waals surface area (Å²) in [4.78, 5) is 2.18. The van der Waals surface area contributed by atoms with Gasteiger partial charge in [0.15, 0.2) is 0 Å². The molecule has 3 rings (SSSR count). The molecule has 1 N–H and O–H groups in total. The van der Waals surface area contributed by atoms with Gasteiger partial charge in [0.1, 0.15) is 5.75 Å². The lowest BCUT2D eigenvalue weighted by Gasteiger charge is -2.34. The predicted molar refractivity (Wildman–Crippen MR) is 112 cm³/mol. The monoisotopic (exact) mass is 365 g/mol. The average Bonchev–Trinajstić information content (AvgIpc) is 2.91. The molecule has 0 amide bonds. The van der Waals surface area contributed by atoms with E-state index in [1.807, 2.05) is 12.1 Å². The van der Waals surface area contributed by atoms with Gasteiger partial charge in [0.2, 0.25) is 0 Å². The zero-order valence-electron chi connectivity index (χ0n) is 16.9. The fourth-order valence-corrected chi connectivity index (χ4v) is 4.22. The summed E-state index contributed by atoms with van der Waals surface area (Å²) in [5.41, 5.74) is 3.88. The molecule has 0 radical (unpaired) electrons. The summed E-state index contributed by atoms with van der Waals surface area (Å²) in [6.45, 7) is 3.00. The molecule has 2 aromatic rings. The van der Waals surface area contributed by atoms with Gasteiger partial charge in [-0.05, 0) is 62.7 Å². The van der Waals surface area contributed by atoms with Gasteiger partial charge < -0.3 is 14.7 Å². The third kappa shape index (κ3) is 4.60. The molecule has 144 valence electrons. The molecule has 0 heterocycles. The van der Waals surface area contributed by atoms with Gasteiger partial charge in [-0.1, -0.05) is 48.0 Å². The molecule has 3 heteroatoms. The molecule has 0 aromatic heterocycles. The van der Waals surface area contributed by atoms with Gasteiger partial charge in [0.05, 0.1) is 12.7 Å². The van der Waals surface area contributed by atoms with Crippen molar-refractivity contribution < 1.29 is 9.84 Å². The molecule has 3 nitrogen and oxygen atoms in total. The van der Waals surface area contributed by atoms with Crippen LogP contribution in [0.15, 0.2) is 54.1 Å². The minimum absolute atomic E-state index is 0.234. The van der Waals surface area contributed by atoms with Crippen molar-refractivity contribution >= 4 is 6.08 Å². The Hall–Kier alpha value is -2.10. The number of methoxy groups -OCH3 is 1. The summed E-state index contributed by atoms with van der Waals surface area (Å²) in [5.74, 6) is 1.08. The number of ether oxygens (including phenoxy) is 1. The van der Waals surface area contributed by atoms with Gasteiger partial charge in [-0.15, -0.1) is 0 Å². The van der Waals surface area contributed by atoms with Crippen LogP contribution >= 0.6 is 0 Å². The normalized spacial score (nSPS) is 23.9. The Balaban J connectivity index is 1.94. The van der Waals surface area contributed by atoms with Crippen LogP contribution in [0.5, 0.6) is 5.75 Å². The predicted octanol–water partition coefficient (Wildman–Crippen LogP) is 4.33. The molecule has 0 saturated heterocycles. The Labute approximate surface area is 163 Å². The van der Waals surface area contributed by atoms with Crippen molar-refractivity contribution in [3.8, 4) is 5.75 Å². The Morgan fingerprint density at radius 3 is 2.56 bits per heavy atom. The highest BCUT2D eigenvalue weighted by molar-refractivity contribution is 5.57. The van der Waals surface area contributed by atoms with E-state index in [0.29, 0.717) is 6.42 Å². The second-order valence-electron chi connectivity index (χ2n) is 8.03. The maximum Gasteiger partial charge on any atom is 0.118 e. The number of benzene rings is 2. The van der Waals surface area contributed by atoms with Crippen LogP contribution in [0.1, 0.15) is 29.5 Å². The van der Waals surface area contributed by atoms with E-state index < -0.39 is 5.60 Å². The van der Waals surface area contributed by atoms with Crippen molar-refractivity contribution in [3.05, 3.63) is 70.8 Å². The van der Waals surface area contributed by atoms with Crippen molar-refractivity contribution in [1.29, 1.82) is 0 Å². The first-order valence-electron chi connectivity index (χ1n) is 9.68. The number of nitrogens with zero attached hydrogens (tertiary/aromatic N) is 1. The lowest BCUT2D eigenvalue weighted by Crippen LogP contribution is -2.42. The van der Waals surface area contributed by atoms with E-state index in [1.165, 1.54) is 11.1 Å². The largest absolute Gasteiger partial charge is 0.497 e. The molecule has 0 aliphatic heterocycles. The first-order valence-corrected chi connectivity index (χ1v) is 9.68. The summed E-state index contributed by atoms with van der Waals surface area (Å²) in [5, 5.41) is 11.8. The molecule has 0 bridgehead atoms. The van der Waals surface area contributed by atoms with Crippen LogP contribution in [-0.2, 0) is 6.42 Å². The number of hydrogen-bond donors (Lipinski definition) is 1. The number of aryl methyl sites for hydroxylation is 1. The minimum Gasteiger partial charge on any atom is -0.497 e. The number of rotatable bonds is 6. The van der Waals surface area contributed by atoms with Crippen LogP contribution < -0.4 is 4.74 Å². The molecule has 0 spiro atoms. The summed E-state index contributed by atoms with van der Waals surface area (Å²) in [6, 6.07) is 16.5. The van der Waals surface area contributed by atoms with Crippen LogP contribution in [-0.4, -0.2) is 43.4 Å². The van der Waals surface area contributed by atoms with Gasteiger partial charge in [-0.2, -0.15) is 0 Å². The zero-order valence-corrected chi connectivity index (χ0v) is 16.9. The van der Waals surface area contributed by atoms with Crippen molar-refractivity contribution in [2.24, 2.45) is 5.92 Å². The lowest BCUT2D eigenvalue weighted by molar-refractivity contribution is 0.0257. The summed E-state index contributed by atoms with van der Waals surface area (Å²) in [6.07, 6.45) is 4.79. The second kappa shape index (κ2) is 8.28. The van der Waals surface area contributed by atoms with Crippen molar-refractivity contribution in [2.45, 2.75) is 31.8 Å². The van der Waals surface area contributed by atoms with E-state index in [2.05, 4.69) is 68.4 Å². The van der Waals surface area contributed by atoms with E-state index in [0.717, 1.165) is 36.3 Å². The van der Waals surface area contributed by atoms with Crippen LogP contribution in [0.3, 0.4) is 0 Å². The van der Waals surface area contributed by atoms with Crippen LogP contribution in [0.2, 0.25) is 0 Å². The smallest absolute Gasteiger partial charge is 0.118 e. The van der Waals surface area contributed by atoms with Crippen molar-refractivity contribution in [3.63, 3.8) is 0 Å². The molecule has 27 heavy (non-hydrogen) atoms. The van der Waals surface area contributed by atoms with E-state index >= 15 is 0 Å². The molecule has 1 fully saturated rings. The Morgan fingerprint density at radius 1 is 1.19 bits per heavy atom. The van der Waals surface area contributed by atoms with E-state index in [1.54, 1.807) is 7.11 Å². The summed E-state index contributed by atoms with van der Waals surface area (Å²) >= 11 is 0. The van der Waals surface area contributed by atoms with Crippen LogP contribution in [0.25, 0.3) is 6.08 Å². The quantitative estimate of drug-likeness (QED) is 0.827. The third-order valence-electron chi connectivity index (χ3n) is 5.59. The summed E-state index contributed by atoms with van der Waals surface area (Å²) < 4.78 is 5.26. The molecule has 2 aromatic carbocycles. The first kappa shape index (κ1) is 19.7. The van der Waals surface area contributed by atoms with Crippen molar-refractivity contribution in [2.75, 3.05) is 27.7 Å². The highest BCUT2D eigenvalue weighted by Crippen LogP contribution is 2.44. The third-order valence-corrected chi connectivity index (χ3v) is 5.59. The van der Waals surface area contributed by atoms with Crippen molar-refractivity contribution in [1.82, 2.24) is 4.90 Å². The molecule has 2 unspecified atom stereocenters. The lowest BCUT2D eigenvalue weighted by atomic mass is 9.81. The molecular weight excluding hydrogens is 334 g/mol. The molecular formula is C24H31NO2. The molecule has 2 atom stereocenters. The maximum absolute atomic E-state index is 11.8. The van der Waals surface area contributed by atoms with Gasteiger partial charge >= 0.3 is 0 Å². The average molecular weight is 366 g/mol. The number of hydrogen-bond acceptors (Lipinski definition) is 3.